The van der Waals surface area contributed by atoms with Gasteiger partial charge in [-0.3, -0.25) is 4.79 Å². The standard InChI is InChI=1S/C14H17BrO4S/c1-19-13-2-3-14(15)11(8-13)7-12(16)6-10-4-5-20(17,18)9-10/h2-3,8,10H,4-7,9H2,1H3. The zero-order valence-corrected chi connectivity index (χ0v) is 13.7. The molecule has 1 aliphatic heterocycles. The van der Waals surface area contributed by atoms with E-state index in [0.717, 1.165) is 10.0 Å². The van der Waals surface area contributed by atoms with Gasteiger partial charge >= 0.3 is 0 Å². The van der Waals surface area contributed by atoms with Gasteiger partial charge in [0.15, 0.2) is 9.84 Å². The maximum absolute atomic E-state index is 12.1. The lowest BCUT2D eigenvalue weighted by Crippen LogP contribution is -2.12. The molecule has 0 spiro atoms. The van der Waals surface area contributed by atoms with Crippen LogP contribution in [0.15, 0.2) is 22.7 Å². The number of benzene rings is 1. The van der Waals surface area contributed by atoms with Crippen molar-refractivity contribution in [3.63, 3.8) is 0 Å². The molecule has 0 bridgehead atoms. The molecular weight excluding hydrogens is 344 g/mol. The van der Waals surface area contributed by atoms with Gasteiger partial charge in [-0.2, -0.15) is 0 Å². The van der Waals surface area contributed by atoms with Crippen LogP contribution in [0.1, 0.15) is 18.4 Å². The summed E-state index contributed by atoms with van der Waals surface area (Å²) in [5, 5.41) is 0. The van der Waals surface area contributed by atoms with Crippen molar-refractivity contribution in [3.8, 4) is 5.75 Å². The number of hydrogen-bond donors (Lipinski definition) is 0. The van der Waals surface area contributed by atoms with Crippen molar-refractivity contribution in [2.75, 3.05) is 18.6 Å². The summed E-state index contributed by atoms with van der Waals surface area (Å²) in [6.07, 6.45) is 1.24. The van der Waals surface area contributed by atoms with Crippen LogP contribution in [0, 0.1) is 5.92 Å². The van der Waals surface area contributed by atoms with Crippen LogP contribution < -0.4 is 4.74 Å². The number of carbonyl (C=O) groups excluding carboxylic acids is 1. The summed E-state index contributed by atoms with van der Waals surface area (Å²) in [6.45, 7) is 0. The van der Waals surface area contributed by atoms with E-state index in [1.54, 1.807) is 7.11 Å². The Labute approximate surface area is 127 Å². The van der Waals surface area contributed by atoms with Crippen molar-refractivity contribution in [3.05, 3.63) is 28.2 Å². The zero-order chi connectivity index (χ0) is 14.8. The molecule has 4 nitrogen and oxygen atoms in total. The Hall–Kier alpha value is -0.880. The summed E-state index contributed by atoms with van der Waals surface area (Å²) < 4.78 is 28.8. The van der Waals surface area contributed by atoms with Gasteiger partial charge < -0.3 is 4.74 Å². The second-order valence-electron chi connectivity index (χ2n) is 5.15. The number of ketones is 1. The van der Waals surface area contributed by atoms with Crippen molar-refractivity contribution in [2.45, 2.75) is 19.3 Å². The van der Waals surface area contributed by atoms with Crippen LogP contribution in [0.2, 0.25) is 0 Å². The molecule has 0 N–H and O–H groups in total. The van der Waals surface area contributed by atoms with Gasteiger partial charge in [-0.1, -0.05) is 15.9 Å². The summed E-state index contributed by atoms with van der Waals surface area (Å²) in [6, 6.07) is 5.50. The first-order valence-electron chi connectivity index (χ1n) is 6.44. The van der Waals surface area contributed by atoms with Gasteiger partial charge in [-0.15, -0.1) is 0 Å². The fraction of sp³-hybridized carbons (Fsp3) is 0.500. The van der Waals surface area contributed by atoms with Crippen molar-refractivity contribution in [2.24, 2.45) is 5.92 Å². The van der Waals surface area contributed by atoms with Gasteiger partial charge in [0.2, 0.25) is 0 Å². The van der Waals surface area contributed by atoms with Crippen molar-refractivity contribution < 1.29 is 17.9 Å². The first kappa shape index (κ1) is 15.5. The average molecular weight is 361 g/mol. The Morgan fingerprint density at radius 2 is 2.20 bits per heavy atom. The van der Waals surface area contributed by atoms with E-state index in [0.29, 0.717) is 25.0 Å². The molecule has 1 heterocycles. The fourth-order valence-corrected chi connectivity index (χ4v) is 4.70. The summed E-state index contributed by atoms with van der Waals surface area (Å²) >= 11 is 3.42. The normalized spacial score (nSPS) is 20.8. The molecule has 1 aromatic carbocycles. The highest BCUT2D eigenvalue weighted by Crippen LogP contribution is 2.26. The molecule has 1 saturated heterocycles. The number of methoxy groups -OCH3 is 1. The number of Topliss-reactive ketones (excluding diaryl/α,β-unsaturated/α-hetero) is 1. The van der Waals surface area contributed by atoms with Crippen LogP contribution in [0.25, 0.3) is 0 Å². The van der Waals surface area contributed by atoms with E-state index in [-0.39, 0.29) is 23.2 Å². The van der Waals surface area contributed by atoms with Crippen molar-refractivity contribution >= 4 is 31.6 Å². The van der Waals surface area contributed by atoms with Crippen LogP contribution in [-0.2, 0) is 21.1 Å². The molecule has 2 rings (SSSR count). The predicted octanol–water partition coefficient (Wildman–Crippen LogP) is 2.39. The summed E-state index contributed by atoms with van der Waals surface area (Å²) in [5.41, 5.74) is 0.871. The number of ether oxygens (including phenoxy) is 1. The van der Waals surface area contributed by atoms with E-state index in [4.69, 9.17) is 4.74 Å². The van der Waals surface area contributed by atoms with Crippen LogP contribution >= 0.6 is 15.9 Å². The van der Waals surface area contributed by atoms with Crippen LogP contribution in [0.5, 0.6) is 5.75 Å². The van der Waals surface area contributed by atoms with Gasteiger partial charge in [0.05, 0.1) is 18.6 Å². The number of carbonyl (C=O) groups is 1. The molecule has 0 amide bonds. The Balaban J connectivity index is 1.98. The van der Waals surface area contributed by atoms with E-state index < -0.39 is 9.84 Å². The lowest BCUT2D eigenvalue weighted by molar-refractivity contribution is -0.119. The quantitative estimate of drug-likeness (QED) is 0.808. The van der Waals surface area contributed by atoms with Gasteiger partial charge in [0.25, 0.3) is 0 Å². The van der Waals surface area contributed by atoms with Crippen LogP contribution in [-0.4, -0.2) is 32.8 Å². The molecule has 0 radical (unpaired) electrons. The first-order chi connectivity index (χ1) is 9.39. The Kier molecular flexibility index (Phi) is 4.86. The molecule has 110 valence electrons. The Bertz CT molecular complexity index is 610. The molecular formula is C14H17BrO4S. The third kappa shape index (κ3) is 4.06. The highest BCUT2D eigenvalue weighted by molar-refractivity contribution is 9.10. The third-order valence-electron chi connectivity index (χ3n) is 3.48. The molecule has 1 unspecified atom stereocenters. The largest absolute Gasteiger partial charge is 0.497 e. The SMILES string of the molecule is COc1ccc(Br)c(CC(=O)CC2CCS(=O)(=O)C2)c1. The highest BCUT2D eigenvalue weighted by atomic mass is 79.9. The van der Waals surface area contributed by atoms with E-state index in [2.05, 4.69) is 15.9 Å². The second-order valence-corrected chi connectivity index (χ2v) is 8.23. The van der Waals surface area contributed by atoms with Gasteiger partial charge in [-0.25, -0.2) is 8.42 Å². The molecule has 1 fully saturated rings. The molecule has 20 heavy (non-hydrogen) atoms. The molecule has 0 saturated carbocycles. The molecule has 0 aliphatic carbocycles. The number of hydrogen-bond acceptors (Lipinski definition) is 4. The molecule has 1 atom stereocenters. The minimum Gasteiger partial charge on any atom is -0.497 e. The maximum atomic E-state index is 12.1. The number of rotatable bonds is 5. The fourth-order valence-electron chi connectivity index (χ4n) is 2.45. The summed E-state index contributed by atoms with van der Waals surface area (Å²) in [5.74, 6) is 1.13. The topological polar surface area (TPSA) is 60.4 Å². The zero-order valence-electron chi connectivity index (χ0n) is 11.3. The van der Waals surface area contributed by atoms with E-state index in [1.165, 1.54) is 0 Å². The average Bonchev–Trinajstić information content (AvgIpc) is 2.71. The second kappa shape index (κ2) is 6.26. The van der Waals surface area contributed by atoms with Crippen LogP contribution in [0.3, 0.4) is 0 Å². The molecule has 1 aromatic rings. The molecule has 0 aromatic heterocycles. The molecule has 6 heteroatoms. The van der Waals surface area contributed by atoms with E-state index >= 15 is 0 Å². The summed E-state index contributed by atoms with van der Waals surface area (Å²) in [4.78, 5) is 12.1. The van der Waals surface area contributed by atoms with Gasteiger partial charge in [0, 0.05) is 17.3 Å². The lowest BCUT2D eigenvalue weighted by Gasteiger charge is -2.09. The lowest BCUT2D eigenvalue weighted by atomic mass is 9.98. The number of halogens is 1. The predicted molar refractivity (Wildman–Crippen MR) is 80.8 cm³/mol. The van der Waals surface area contributed by atoms with Crippen molar-refractivity contribution in [1.82, 2.24) is 0 Å². The van der Waals surface area contributed by atoms with Gasteiger partial charge in [0.1, 0.15) is 11.5 Å². The summed E-state index contributed by atoms with van der Waals surface area (Å²) in [7, 11) is -1.33. The number of sulfone groups is 1. The van der Waals surface area contributed by atoms with Crippen LogP contribution in [0.4, 0.5) is 0 Å². The highest BCUT2D eigenvalue weighted by Gasteiger charge is 2.29. The Morgan fingerprint density at radius 1 is 1.45 bits per heavy atom. The first-order valence-corrected chi connectivity index (χ1v) is 9.05. The monoisotopic (exact) mass is 360 g/mol. The third-order valence-corrected chi connectivity index (χ3v) is 6.09. The maximum Gasteiger partial charge on any atom is 0.150 e. The Morgan fingerprint density at radius 3 is 2.80 bits per heavy atom. The van der Waals surface area contributed by atoms with Gasteiger partial charge in [-0.05, 0) is 36.1 Å². The van der Waals surface area contributed by atoms with E-state index in [1.807, 2.05) is 18.2 Å². The molecule has 1 aliphatic rings. The van der Waals surface area contributed by atoms with E-state index in [9.17, 15) is 13.2 Å². The van der Waals surface area contributed by atoms with Crippen molar-refractivity contribution in [1.29, 1.82) is 0 Å². The minimum atomic E-state index is -2.91. The minimum absolute atomic E-state index is 0.0168. The smallest absolute Gasteiger partial charge is 0.150 e.